The van der Waals surface area contributed by atoms with Crippen LogP contribution in [0.5, 0.6) is 5.75 Å². The van der Waals surface area contributed by atoms with Crippen molar-refractivity contribution in [1.82, 2.24) is 10.6 Å². The van der Waals surface area contributed by atoms with E-state index in [9.17, 15) is 9.59 Å². The van der Waals surface area contributed by atoms with Crippen molar-refractivity contribution in [2.75, 3.05) is 26.7 Å². The Balaban J connectivity index is 1.67. The van der Waals surface area contributed by atoms with Crippen LogP contribution in [0.15, 0.2) is 24.3 Å². The molecule has 132 valence electrons. The molecule has 0 spiro atoms. The second-order valence-electron chi connectivity index (χ2n) is 6.84. The highest BCUT2D eigenvalue weighted by molar-refractivity contribution is 5.96. The Morgan fingerprint density at radius 2 is 1.83 bits per heavy atom. The molecule has 1 amide bonds. The van der Waals surface area contributed by atoms with Crippen LogP contribution >= 0.6 is 0 Å². The van der Waals surface area contributed by atoms with Gasteiger partial charge in [-0.05, 0) is 62.0 Å². The molecule has 0 atom stereocenters. The Morgan fingerprint density at radius 1 is 1.17 bits per heavy atom. The minimum atomic E-state index is 0.0392. The number of hydrogen-bond acceptors (Lipinski definition) is 4. The molecule has 0 radical (unpaired) electrons. The number of amides is 1. The van der Waals surface area contributed by atoms with E-state index in [2.05, 4.69) is 17.6 Å². The van der Waals surface area contributed by atoms with Gasteiger partial charge < -0.3 is 15.4 Å². The lowest BCUT2D eigenvalue weighted by Gasteiger charge is -2.34. The zero-order chi connectivity index (χ0) is 17.4. The Hall–Kier alpha value is -1.88. The number of ether oxygens (including phenoxy) is 1. The highest BCUT2D eigenvalue weighted by Crippen LogP contribution is 2.26. The number of ketones is 1. The number of benzene rings is 1. The lowest BCUT2D eigenvalue weighted by molar-refractivity contribution is -0.121. The second kappa shape index (κ2) is 8.83. The molecule has 0 aromatic heterocycles. The summed E-state index contributed by atoms with van der Waals surface area (Å²) in [6.45, 7) is 4.98. The van der Waals surface area contributed by atoms with Gasteiger partial charge in [0.15, 0.2) is 5.78 Å². The monoisotopic (exact) mass is 332 g/mol. The Morgan fingerprint density at radius 3 is 2.46 bits per heavy atom. The minimum Gasteiger partial charge on any atom is -0.497 e. The van der Waals surface area contributed by atoms with Gasteiger partial charge in [0.25, 0.3) is 0 Å². The van der Waals surface area contributed by atoms with E-state index in [1.54, 1.807) is 31.4 Å². The summed E-state index contributed by atoms with van der Waals surface area (Å²) in [5.74, 6) is 0.838. The molecule has 5 nitrogen and oxygen atoms in total. The van der Waals surface area contributed by atoms with Gasteiger partial charge in [-0.25, -0.2) is 0 Å². The van der Waals surface area contributed by atoms with Crippen LogP contribution in [0.4, 0.5) is 0 Å². The van der Waals surface area contributed by atoms with Crippen LogP contribution in [0.25, 0.3) is 0 Å². The van der Waals surface area contributed by atoms with Crippen molar-refractivity contribution in [1.29, 1.82) is 0 Å². The fraction of sp³-hybridized carbons (Fsp3) is 0.579. The zero-order valence-electron chi connectivity index (χ0n) is 14.7. The van der Waals surface area contributed by atoms with E-state index in [1.807, 2.05) is 0 Å². The number of hydrogen-bond donors (Lipinski definition) is 2. The number of Topliss-reactive ketones (excluding diaryl/α,β-unsaturated/α-hetero) is 1. The van der Waals surface area contributed by atoms with E-state index >= 15 is 0 Å². The molecule has 1 heterocycles. The highest BCUT2D eigenvalue weighted by atomic mass is 16.5. The topological polar surface area (TPSA) is 67.4 Å². The first-order valence-corrected chi connectivity index (χ1v) is 8.67. The molecular formula is C19H28N2O3. The van der Waals surface area contributed by atoms with Crippen molar-refractivity contribution >= 4 is 11.7 Å². The van der Waals surface area contributed by atoms with Crippen molar-refractivity contribution < 1.29 is 14.3 Å². The maximum Gasteiger partial charge on any atom is 0.220 e. The van der Waals surface area contributed by atoms with Gasteiger partial charge in [0.1, 0.15) is 5.75 Å². The van der Waals surface area contributed by atoms with Gasteiger partial charge in [-0.15, -0.1) is 0 Å². The van der Waals surface area contributed by atoms with Gasteiger partial charge >= 0.3 is 0 Å². The van der Waals surface area contributed by atoms with Crippen molar-refractivity contribution in [3.8, 4) is 5.75 Å². The summed E-state index contributed by atoms with van der Waals surface area (Å²) in [4.78, 5) is 24.1. The molecule has 1 aliphatic rings. The first kappa shape index (κ1) is 18.5. The van der Waals surface area contributed by atoms with Crippen LogP contribution in [-0.2, 0) is 4.79 Å². The van der Waals surface area contributed by atoms with Gasteiger partial charge in [-0.2, -0.15) is 0 Å². The minimum absolute atomic E-state index is 0.0392. The van der Waals surface area contributed by atoms with Crippen LogP contribution in [0.2, 0.25) is 0 Å². The third-order valence-electron chi connectivity index (χ3n) is 4.74. The van der Waals surface area contributed by atoms with E-state index in [-0.39, 0.29) is 17.1 Å². The molecule has 5 heteroatoms. The smallest absolute Gasteiger partial charge is 0.220 e. The van der Waals surface area contributed by atoms with Crippen molar-refractivity contribution in [3.63, 3.8) is 0 Å². The van der Waals surface area contributed by atoms with Crippen LogP contribution < -0.4 is 15.4 Å². The summed E-state index contributed by atoms with van der Waals surface area (Å²) in [6.07, 6.45) is 3.54. The zero-order valence-corrected chi connectivity index (χ0v) is 14.7. The molecule has 1 aromatic carbocycles. The van der Waals surface area contributed by atoms with Gasteiger partial charge in [0.2, 0.25) is 5.91 Å². The number of rotatable bonds is 8. The van der Waals surface area contributed by atoms with Crippen LogP contribution in [0.3, 0.4) is 0 Å². The number of methoxy groups -OCH3 is 1. The Kier molecular flexibility index (Phi) is 6.79. The van der Waals surface area contributed by atoms with E-state index in [4.69, 9.17) is 4.74 Å². The molecular weight excluding hydrogens is 304 g/mol. The molecule has 1 saturated heterocycles. The first-order chi connectivity index (χ1) is 11.5. The van der Waals surface area contributed by atoms with Crippen molar-refractivity contribution in [3.05, 3.63) is 29.8 Å². The lowest BCUT2D eigenvalue weighted by atomic mass is 9.81. The van der Waals surface area contributed by atoms with E-state index in [1.165, 1.54) is 0 Å². The van der Waals surface area contributed by atoms with Gasteiger partial charge in [-0.3, -0.25) is 9.59 Å². The average molecular weight is 332 g/mol. The molecule has 1 fully saturated rings. The average Bonchev–Trinajstić information content (AvgIpc) is 2.61. The van der Waals surface area contributed by atoms with E-state index < -0.39 is 0 Å². The van der Waals surface area contributed by atoms with E-state index in [0.29, 0.717) is 24.8 Å². The maximum atomic E-state index is 12.1. The summed E-state index contributed by atoms with van der Waals surface area (Å²) < 4.78 is 5.08. The molecule has 0 saturated carbocycles. The third-order valence-corrected chi connectivity index (χ3v) is 4.74. The predicted molar refractivity (Wildman–Crippen MR) is 94.4 cm³/mol. The molecule has 2 N–H and O–H groups in total. The quantitative estimate of drug-likeness (QED) is 0.718. The lowest BCUT2D eigenvalue weighted by Crippen LogP contribution is -2.42. The standard InChI is InChI=1S/C19H28N2O3/c1-19(10-12-20-13-11-19)14-21-18(23)5-3-4-17(22)15-6-8-16(24-2)9-7-15/h6-9,20H,3-5,10-14H2,1-2H3,(H,21,23). The molecule has 0 unspecified atom stereocenters. The van der Waals surface area contributed by atoms with Gasteiger partial charge in [-0.1, -0.05) is 6.92 Å². The molecule has 24 heavy (non-hydrogen) atoms. The number of nitrogens with one attached hydrogen (secondary N) is 2. The van der Waals surface area contributed by atoms with E-state index in [0.717, 1.165) is 38.2 Å². The summed E-state index contributed by atoms with van der Waals surface area (Å²) in [5.41, 5.74) is 0.859. The van der Waals surface area contributed by atoms with Crippen molar-refractivity contribution in [2.24, 2.45) is 5.41 Å². The maximum absolute atomic E-state index is 12.1. The number of piperidine rings is 1. The van der Waals surface area contributed by atoms with Crippen molar-refractivity contribution in [2.45, 2.75) is 39.0 Å². The summed E-state index contributed by atoms with van der Waals surface area (Å²) >= 11 is 0. The first-order valence-electron chi connectivity index (χ1n) is 8.67. The largest absolute Gasteiger partial charge is 0.497 e. The third kappa shape index (κ3) is 5.64. The molecule has 1 aromatic rings. The Bertz CT molecular complexity index is 548. The summed E-state index contributed by atoms with van der Waals surface area (Å²) in [5, 5.41) is 6.37. The fourth-order valence-corrected chi connectivity index (χ4v) is 2.94. The summed E-state index contributed by atoms with van der Waals surface area (Å²) in [7, 11) is 1.60. The summed E-state index contributed by atoms with van der Waals surface area (Å²) in [6, 6.07) is 7.08. The molecule has 0 aliphatic carbocycles. The molecule has 1 aliphatic heterocycles. The predicted octanol–water partition coefficient (Wildman–Crippen LogP) is 2.55. The SMILES string of the molecule is COc1ccc(C(=O)CCCC(=O)NCC2(C)CCNCC2)cc1. The molecule has 2 rings (SSSR count). The van der Waals surface area contributed by atoms with Crippen LogP contribution in [-0.4, -0.2) is 38.4 Å². The second-order valence-corrected chi connectivity index (χ2v) is 6.84. The molecule has 0 bridgehead atoms. The van der Waals surface area contributed by atoms with Gasteiger partial charge in [0, 0.05) is 24.9 Å². The van der Waals surface area contributed by atoms with Gasteiger partial charge in [0.05, 0.1) is 7.11 Å². The number of carbonyl (C=O) groups is 2. The number of carbonyl (C=O) groups excluding carboxylic acids is 2. The Labute approximate surface area is 144 Å². The highest BCUT2D eigenvalue weighted by Gasteiger charge is 2.26. The fourth-order valence-electron chi connectivity index (χ4n) is 2.94. The normalized spacial score (nSPS) is 16.4. The van der Waals surface area contributed by atoms with Crippen LogP contribution in [0, 0.1) is 5.41 Å². The van der Waals surface area contributed by atoms with Crippen LogP contribution in [0.1, 0.15) is 49.4 Å².